The summed E-state index contributed by atoms with van der Waals surface area (Å²) < 4.78 is 11.6. The lowest BCUT2D eigenvalue weighted by atomic mass is 10.1. The maximum Gasteiger partial charge on any atom is 0.185 e. The predicted molar refractivity (Wildman–Crippen MR) is 104 cm³/mol. The van der Waals surface area contributed by atoms with Gasteiger partial charge < -0.3 is 9.47 Å². The lowest BCUT2D eigenvalue weighted by molar-refractivity contribution is -0.111. The molecule has 0 bridgehead atoms. The van der Waals surface area contributed by atoms with Gasteiger partial charge in [-0.15, -0.1) is 0 Å². The van der Waals surface area contributed by atoms with Gasteiger partial charge in [-0.3, -0.25) is 4.79 Å². The number of ether oxygens (including phenoxy) is 2. The molecule has 0 atom stereocenters. The highest BCUT2D eigenvalue weighted by Crippen LogP contribution is 2.31. The summed E-state index contributed by atoms with van der Waals surface area (Å²) in [7, 11) is 3.23. The molecule has 0 unspecified atom stereocenters. The molecule has 0 aliphatic heterocycles. The Morgan fingerprint density at radius 1 is 0.880 bits per heavy atom. The van der Waals surface area contributed by atoms with E-state index in [2.05, 4.69) is 15.9 Å². The van der Waals surface area contributed by atoms with Crippen LogP contribution in [-0.4, -0.2) is 20.0 Å². The third kappa shape index (κ3) is 4.20. The minimum Gasteiger partial charge on any atom is -0.497 e. The lowest BCUT2D eigenvalue weighted by Gasteiger charge is -2.06. The molecule has 0 N–H and O–H groups in total. The molecule has 25 heavy (non-hydrogen) atoms. The summed E-state index contributed by atoms with van der Waals surface area (Å²) in [5, 5.41) is 0. The number of allylic oxidation sites excluding steroid dienone is 2. The fourth-order valence-corrected chi connectivity index (χ4v) is 3.31. The molecule has 128 valence electrons. The normalized spacial score (nSPS) is 17.3. The molecular formula is C21H19BrO3. The third-order valence-corrected chi connectivity index (χ3v) is 4.64. The van der Waals surface area contributed by atoms with Gasteiger partial charge in [-0.05, 0) is 60.4 Å². The molecule has 0 heterocycles. The van der Waals surface area contributed by atoms with Crippen LogP contribution in [0.2, 0.25) is 0 Å². The second-order valence-corrected chi connectivity index (χ2v) is 6.78. The van der Waals surface area contributed by atoms with Gasteiger partial charge in [-0.25, -0.2) is 0 Å². The van der Waals surface area contributed by atoms with Gasteiger partial charge in [0.15, 0.2) is 5.78 Å². The maximum absolute atomic E-state index is 12.7. The van der Waals surface area contributed by atoms with Crippen LogP contribution >= 0.6 is 15.9 Å². The number of hydrogen-bond donors (Lipinski definition) is 0. The van der Waals surface area contributed by atoms with Crippen molar-refractivity contribution in [3.05, 3.63) is 69.2 Å². The maximum atomic E-state index is 12.7. The molecule has 2 aromatic rings. The van der Waals surface area contributed by atoms with Crippen molar-refractivity contribution in [3.8, 4) is 11.5 Å². The predicted octanol–water partition coefficient (Wildman–Crippen LogP) is 5.30. The van der Waals surface area contributed by atoms with E-state index in [0.717, 1.165) is 39.6 Å². The minimum absolute atomic E-state index is 0.113. The van der Waals surface area contributed by atoms with Crippen LogP contribution in [0, 0.1) is 0 Å². The molecule has 1 aliphatic carbocycles. The minimum atomic E-state index is 0.113. The van der Waals surface area contributed by atoms with Crippen LogP contribution in [-0.2, 0) is 4.79 Å². The van der Waals surface area contributed by atoms with Crippen molar-refractivity contribution in [2.45, 2.75) is 12.8 Å². The topological polar surface area (TPSA) is 35.5 Å². The molecular weight excluding hydrogens is 380 g/mol. The average molecular weight is 399 g/mol. The zero-order valence-electron chi connectivity index (χ0n) is 14.2. The zero-order valence-corrected chi connectivity index (χ0v) is 15.8. The highest BCUT2D eigenvalue weighted by Gasteiger charge is 2.23. The van der Waals surface area contributed by atoms with E-state index in [-0.39, 0.29) is 5.78 Å². The van der Waals surface area contributed by atoms with E-state index in [9.17, 15) is 4.79 Å². The standard InChI is InChI=1S/C21H19BrO3/c1-24-19-11-15(12-20(13-19)25-2)9-17-7-6-16(21(17)23)8-14-4-3-5-18(22)10-14/h3-5,8-13H,6-7H2,1-2H3/b16-8+,17-9?. The summed E-state index contributed by atoms with van der Waals surface area (Å²) >= 11 is 3.46. The van der Waals surface area contributed by atoms with Gasteiger partial charge in [0.25, 0.3) is 0 Å². The first-order valence-corrected chi connectivity index (χ1v) is 8.83. The quantitative estimate of drug-likeness (QED) is 0.655. The SMILES string of the molecule is COc1cc(C=C2CC/C(=C\c3cccc(Br)c3)C2=O)cc(OC)c1. The lowest BCUT2D eigenvalue weighted by Crippen LogP contribution is -1.96. The number of halogens is 1. The van der Waals surface area contributed by atoms with Crippen molar-refractivity contribution in [2.24, 2.45) is 0 Å². The zero-order chi connectivity index (χ0) is 17.8. The first-order valence-electron chi connectivity index (χ1n) is 8.03. The van der Waals surface area contributed by atoms with Gasteiger partial charge >= 0.3 is 0 Å². The Hall–Kier alpha value is -2.33. The smallest absolute Gasteiger partial charge is 0.185 e. The van der Waals surface area contributed by atoms with Crippen molar-refractivity contribution in [3.63, 3.8) is 0 Å². The van der Waals surface area contributed by atoms with Crippen molar-refractivity contribution < 1.29 is 14.3 Å². The molecule has 4 heteroatoms. The molecule has 2 aromatic carbocycles. The van der Waals surface area contributed by atoms with Crippen LogP contribution in [0.1, 0.15) is 24.0 Å². The van der Waals surface area contributed by atoms with Crippen molar-refractivity contribution in [1.29, 1.82) is 0 Å². The Bertz CT molecular complexity index is 843. The highest BCUT2D eigenvalue weighted by molar-refractivity contribution is 9.10. The van der Waals surface area contributed by atoms with Gasteiger partial charge in [0, 0.05) is 21.7 Å². The molecule has 1 fully saturated rings. The summed E-state index contributed by atoms with van der Waals surface area (Å²) in [6, 6.07) is 13.6. The Labute approximate surface area is 156 Å². The fourth-order valence-electron chi connectivity index (χ4n) is 2.89. The number of carbonyl (C=O) groups excluding carboxylic acids is 1. The number of rotatable bonds is 4. The van der Waals surface area contributed by atoms with Crippen molar-refractivity contribution in [2.75, 3.05) is 14.2 Å². The number of ketones is 1. The van der Waals surface area contributed by atoms with Crippen LogP contribution < -0.4 is 9.47 Å². The molecule has 0 aromatic heterocycles. The Morgan fingerprint density at radius 3 is 2.04 bits per heavy atom. The van der Waals surface area contributed by atoms with E-state index < -0.39 is 0 Å². The largest absolute Gasteiger partial charge is 0.497 e. The summed E-state index contributed by atoms with van der Waals surface area (Å²) in [5.74, 6) is 1.53. The van der Waals surface area contributed by atoms with Crippen molar-refractivity contribution in [1.82, 2.24) is 0 Å². The number of Topliss-reactive ketones (excluding diaryl/α,β-unsaturated/α-hetero) is 1. The fraction of sp³-hybridized carbons (Fsp3) is 0.190. The van der Waals surface area contributed by atoms with Gasteiger partial charge in [0.1, 0.15) is 11.5 Å². The Balaban J connectivity index is 1.88. The summed E-state index contributed by atoms with van der Waals surface area (Å²) in [4.78, 5) is 12.7. The molecule has 3 rings (SSSR count). The van der Waals surface area contributed by atoms with E-state index in [1.807, 2.05) is 54.6 Å². The highest BCUT2D eigenvalue weighted by atomic mass is 79.9. The monoisotopic (exact) mass is 398 g/mol. The van der Waals surface area contributed by atoms with Gasteiger partial charge in [0.2, 0.25) is 0 Å². The molecule has 1 saturated carbocycles. The summed E-state index contributed by atoms with van der Waals surface area (Å²) in [5.41, 5.74) is 3.60. The third-order valence-electron chi connectivity index (χ3n) is 4.15. The van der Waals surface area contributed by atoms with Gasteiger partial charge in [-0.1, -0.05) is 28.1 Å². The number of methoxy groups -OCH3 is 2. The van der Waals surface area contributed by atoms with Gasteiger partial charge in [-0.2, -0.15) is 0 Å². The average Bonchev–Trinajstić information content (AvgIpc) is 2.94. The first-order chi connectivity index (χ1) is 12.1. The Kier molecular flexibility index (Phi) is 5.39. The van der Waals surface area contributed by atoms with Gasteiger partial charge in [0.05, 0.1) is 14.2 Å². The molecule has 0 spiro atoms. The molecule has 0 radical (unpaired) electrons. The van der Waals surface area contributed by atoms with Crippen molar-refractivity contribution >= 4 is 33.9 Å². The second kappa shape index (κ2) is 7.70. The molecule has 3 nitrogen and oxygen atoms in total. The number of hydrogen-bond acceptors (Lipinski definition) is 3. The van der Waals surface area contributed by atoms with E-state index in [4.69, 9.17) is 9.47 Å². The summed E-state index contributed by atoms with van der Waals surface area (Å²) in [6.45, 7) is 0. The van der Waals surface area contributed by atoms with Crippen LogP contribution in [0.3, 0.4) is 0 Å². The molecule has 1 aliphatic rings. The second-order valence-electron chi connectivity index (χ2n) is 5.87. The van der Waals surface area contributed by atoms with Crippen LogP contribution in [0.15, 0.2) is 58.1 Å². The van der Waals surface area contributed by atoms with E-state index in [0.29, 0.717) is 11.5 Å². The van der Waals surface area contributed by atoms with Crippen LogP contribution in [0.4, 0.5) is 0 Å². The summed E-state index contributed by atoms with van der Waals surface area (Å²) in [6.07, 6.45) is 5.41. The van der Waals surface area contributed by atoms with E-state index in [1.165, 1.54) is 0 Å². The van der Waals surface area contributed by atoms with Crippen LogP contribution in [0.25, 0.3) is 12.2 Å². The van der Waals surface area contributed by atoms with E-state index in [1.54, 1.807) is 14.2 Å². The first kappa shape index (κ1) is 17.5. The van der Waals surface area contributed by atoms with Crippen LogP contribution in [0.5, 0.6) is 11.5 Å². The Morgan fingerprint density at radius 2 is 1.48 bits per heavy atom. The number of benzene rings is 2. The molecule has 0 amide bonds. The number of carbonyl (C=O) groups is 1. The van der Waals surface area contributed by atoms with E-state index >= 15 is 0 Å². The molecule has 0 saturated heterocycles.